The quantitative estimate of drug-likeness (QED) is 0.0845. The van der Waals surface area contributed by atoms with Gasteiger partial charge in [-0.2, -0.15) is 105 Å². The van der Waals surface area contributed by atoms with Gasteiger partial charge in [-0.05, 0) is 234 Å². The lowest BCUT2D eigenvalue weighted by molar-refractivity contribution is -0.954. The number of quaternary nitrogens is 1. The fraction of sp³-hybridized carbons (Fsp3) is 0.263. The van der Waals surface area contributed by atoms with E-state index in [-0.39, 0.29) is 89.0 Å². The maximum atomic E-state index is 14.8. The Hall–Kier alpha value is -9.00. The van der Waals surface area contributed by atoms with Crippen molar-refractivity contribution >= 4 is 21.5 Å². The molecule has 0 fully saturated rings. The van der Waals surface area contributed by atoms with Crippen molar-refractivity contribution < 1.29 is 110 Å². The van der Waals surface area contributed by atoms with Crippen molar-refractivity contribution in [2.45, 2.75) is 103 Å². The Morgan fingerprint density at radius 1 is 0.267 bits per heavy atom. The second-order valence-corrected chi connectivity index (χ2v) is 26.2. The molecule has 25 heteroatoms. The molecule has 1 heterocycles. The lowest BCUT2D eigenvalue weighted by atomic mass is 9.81. The van der Waals surface area contributed by atoms with Crippen molar-refractivity contribution in [1.82, 2.24) is 0 Å². The molecule has 0 saturated heterocycles. The van der Waals surface area contributed by atoms with Gasteiger partial charge in [0.25, 0.3) is 0 Å². The van der Waals surface area contributed by atoms with Gasteiger partial charge in [-0.25, -0.2) is 0 Å². The molecule has 1 aliphatic rings. The lowest BCUT2D eigenvalue weighted by Gasteiger charge is -2.40. The SMILES string of the molecule is CC(C)CC[N+]1(CCC(C)C)Cc2c(-c3cc(-c4cc(C(F)(F)F)cc(C(F)(F)F)c4)cc(-c4cc(C(F)(F)F)cc(C(F)(F)F)c4)c3)cc3ccccc3c2-c2c(c(-c3cc(-c4cc(C(F)(F)F)cc(C(F)(F)F)c4)cc(-c4cc(C(F)(F)F)cc(C(F)(F)F)c4)c3)cc3ccccc23)C1. The second-order valence-electron chi connectivity index (χ2n) is 26.2. The molecule has 0 atom stereocenters. The van der Waals surface area contributed by atoms with Gasteiger partial charge in [0.05, 0.1) is 57.6 Å². The van der Waals surface area contributed by atoms with E-state index in [0.717, 1.165) is 36.4 Å². The third kappa shape index (κ3) is 15.6. The first kappa shape index (κ1) is 73.2. The highest BCUT2D eigenvalue weighted by molar-refractivity contribution is 6.12. The zero-order chi connectivity index (χ0) is 73.9. The van der Waals surface area contributed by atoms with E-state index < -0.39 is 138 Å². The third-order valence-corrected chi connectivity index (χ3v) is 18.1. The Labute approximate surface area is 560 Å². The Bertz CT molecular complexity index is 4220. The number of halogens is 24. The molecule has 1 aliphatic heterocycles. The van der Waals surface area contributed by atoms with E-state index in [9.17, 15) is 105 Å². The molecular weight excluding hydrogens is 1380 g/mol. The van der Waals surface area contributed by atoms with E-state index in [0.29, 0.717) is 105 Å². The number of benzene rings is 10. The van der Waals surface area contributed by atoms with E-state index in [1.165, 1.54) is 0 Å². The number of fused-ring (bicyclic) bond motifs is 7. The van der Waals surface area contributed by atoms with Gasteiger partial charge in [0.15, 0.2) is 0 Å². The molecule has 0 spiro atoms. The van der Waals surface area contributed by atoms with Crippen LogP contribution in [0.15, 0.2) is 170 Å². The fourth-order valence-electron chi connectivity index (χ4n) is 13.1. The summed E-state index contributed by atoms with van der Waals surface area (Å²) >= 11 is 0. The molecule has 10 aromatic rings. The van der Waals surface area contributed by atoms with E-state index >= 15 is 0 Å². The zero-order valence-electron chi connectivity index (χ0n) is 53.1. The zero-order valence-corrected chi connectivity index (χ0v) is 53.1. The van der Waals surface area contributed by atoms with Crippen LogP contribution in [0.1, 0.15) is 96.2 Å². The van der Waals surface area contributed by atoms with Crippen LogP contribution in [0.4, 0.5) is 105 Å². The fourth-order valence-corrected chi connectivity index (χ4v) is 13.1. The molecule has 0 bridgehead atoms. The molecule has 0 unspecified atom stereocenters. The summed E-state index contributed by atoms with van der Waals surface area (Å²) in [5.74, 6) is -0.217. The van der Waals surface area contributed by atoms with Crippen LogP contribution in [-0.4, -0.2) is 17.6 Å². The maximum absolute atomic E-state index is 14.8. The van der Waals surface area contributed by atoms with Crippen LogP contribution in [0.5, 0.6) is 0 Å². The van der Waals surface area contributed by atoms with Gasteiger partial charge in [0.1, 0.15) is 13.1 Å². The topological polar surface area (TPSA) is 0 Å². The molecule has 0 aliphatic carbocycles. The molecule has 0 amide bonds. The predicted molar refractivity (Wildman–Crippen MR) is 336 cm³/mol. The minimum atomic E-state index is -5.47. The Morgan fingerprint density at radius 3 is 0.693 bits per heavy atom. The summed E-state index contributed by atoms with van der Waals surface area (Å²) in [6, 6.07) is 24.3. The molecule has 10 aromatic carbocycles. The standard InChI is InChI=1S/C76H54F24N/c1-39(2)13-15-101(16-14-40(3)4)37-65-63(51-19-43(47-23-53(69(77,78)79)33-54(24-47)70(80,81)82)17-44(20-51)48-25-55(71(83,84)85)34-56(26-48)72(86,87)88)31-41-9-5-7-11-61(41)67(65)68-62-12-8-6-10-42(62)32-64(66(68)38-101)52-21-45(49-27-57(73(89,90)91)35-58(28-49)74(92,93)94)18-46(22-52)50-29-59(75(95,96)97)36-60(30-50)76(98,99)100/h5-12,17-36,39-40H,13-16,37-38H2,1-4H3/q+1. The number of hydrogen-bond donors (Lipinski definition) is 0. The number of rotatable bonds is 12. The van der Waals surface area contributed by atoms with Crippen LogP contribution < -0.4 is 0 Å². The first-order chi connectivity index (χ1) is 46.6. The van der Waals surface area contributed by atoms with Crippen LogP contribution in [0.3, 0.4) is 0 Å². The van der Waals surface area contributed by atoms with Gasteiger partial charge in [-0.15, -0.1) is 0 Å². The molecule has 101 heavy (non-hydrogen) atoms. The highest BCUT2D eigenvalue weighted by Gasteiger charge is 2.44. The van der Waals surface area contributed by atoms with Crippen LogP contribution >= 0.6 is 0 Å². The molecular formula is C76H54F24N+. The van der Waals surface area contributed by atoms with E-state index in [4.69, 9.17) is 0 Å². The van der Waals surface area contributed by atoms with Crippen molar-refractivity contribution in [1.29, 1.82) is 0 Å². The minimum Gasteiger partial charge on any atom is -0.316 e. The van der Waals surface area contributed by atoms with Crippen molar-refractivity contribution in [2.24, 2.45) is 11.8 Å². The predicted octanol–water partition coefficient (Wildman–Crippen LogP) is 26.7. The van der Waals surface area contributed by atoms with Gasteiger partial charge in [0, 0.05) is 22.3 Å². The van der Waals surface area contributed by atoms with Crippen molar-refractivity contribution in [3.8, 4) is 77.9 Å². The van der Waals surface area contributed by atoms with E-state index in [1.807, 2.05) is 27.7 Å². The summed E-state index contributed by atoms with van der Waals surface area (Å²) in [6.45, 7) is 7.79. The van der Waals surface area contributed by atoms with Crippen molar-refractivity contribution in [3.05, 3.63) is 225 Å². The Balaban J connectivity index is 1.33. The number of hydrogen-bond acceptors (Lipinski definition) is 0. The average molecular weight is 1440 g/mol. The maximum Gasteiger partial charge on any atom is 0.416 e. The van der Waals surface area contributed by atoms with E-state index in [2.05, 4.69) is 0 Å². The van der Waals surface area contributed by atoms with Crippen molar-refractivity contribution in [2.75, 3.05) is 13.1 Å². The number of alkyl halides is 24. The van der Waals surface area contributed by atoms with Gasteiger partial charge < -0.3 is 4.48 Å². The van der Waals surface area contributed by atoms with Crippen molar-refractivity contribution in [3.63, 3.8) is 0 Å². The normalized spacial score (nSPS) is 14.3. The van der Waals surface area contributed by atoms with E-state index in [1.54, 1.807) is 60.7 Å². The second kappa shape index (κ2) is 25.8. The van der Waals surface area contributed by atoms with Gasteiger partial charge in [0.2, 0.25) is 0 Å². The van der Waals surface area contributed by atoms with Crippen LogP contribution in [-0.2, 0) is 62.5 Å². The summed E-state index contributed by atoms with van der Waals surface area (Å²) in [7, 11) is 0. The molecule has 0 N–H and O–H groups in total. The largest absolute Gasteiger partial charge is 0.416 e. The van der Waals surface area contributed by atoms with Gasteiger partial charge in [-0.1, -0.05) is 76.2 Å². The van der Waals surface area contributed by atoms with Gasteiger partial charge in [-0.3, -0.25) is 0 Å². The van der Waals surface area contributed by atoms with Crippen LogP contribution in [0, 0.1) is 11.8 Å². The summed E-state index contributed by atoms with van der Waals surface area (Å²) < 4.78 is 355. The third-order valence-electron chi connectivity index (χ3n) is 18.1. The highest BCUT2D eigenvalue weighted by Crippen LogP contribution is 2.54. The van der Waals surface area contributed by atoms with Crippen LogP contribution in [0.25, 0.3) is 99.4 Å². The molecule has 1 nitrogen and oxygen atoms in total. The number of nitrogens with zero attached hydrogens (tertiary/aromatic N) is 1. The average Bonchev–Trinajstić information content (AvgIpc) is 1.66. The molecule has 530 valence electrons. The summed E-state index contributed by atoms with van der Waals surface area (Å²) in [6.07, 6.45) is -43.0. The molecule has 0 radical (unpaired) electrons. The Kier molecular flexibility index (Phi) is 18.7. The molecule has 11 rings (SSSR count). The monoisotopic (exact) mass is 1440 g/mol. The lowest BCUT2D eigenvalue weighted by Crippen LogP contribution is -2.48. The molecule has 0 aromatic heterocycles. The summed E-state index contributed by atoms with van der Waals surface area (Å²) in [5, 5.41) is 1.44. The Morgan fingerprint density at radius 2 is 0.475 bits per heavy atom. The summed E-state index contributed by atoms with van der Waals surface area (Å²) in [5.41, 5.74) is -19.0. The van der Waals surface area contributed by atoms with Gasteiger partial charge >= 0.3 is 49.4 Å². The first-order valence-corrected chi connectivity index (χ1v) is 31.1. The minimum absolute atomic E-state index is 0.0393. The smallest absolute Gasteiger partial charge is 0.316 e. The molecule has 0 saturated carbocycles. The summed E-state index contributed by atoms with van der Waals surface area (Å²) in [4.78, 5) is 0. The first-order valence-electron chi connectivity index (χ1n) is 31.1. The highest BCUT2D eigenvalue weighted by atomic mass is 19.4. The van der Waals surface area contributed by atoms with Crippen LogP contribution in [0.2, 0.25) is 0 Å².